The van der Waals surface area contributed by atoms with Crippen LogP contribution in [0.15, 0.2) is 0 Å². The zero-order valence-electron chi connectivity index (χ0n) is 5.53. The summed E-state index contributed by atoms with van der Waals surface area (Å²) in [6.07, 6.45) is 0.201. The van der Waals surface area contributed by atoms with Crippen LogP contribution in [0.5, 0.6) is 0 Å². The number of aliphatic hydroxyl groups is 1. The first-order chi connectivity index (χ1) is 4.56. The maximum Gasteiger partial charge on any atom is 0.339 e. The highest BCUT2D eigenvalue weighted by Gasteiger charge is 2.10. The van der Waals surface area contributed by atoms with Gasteiger partial charge >= 0.3 is 7.60 Å². The van der Waals surface area contributed by atoms with Crippen LogP contribution in [0.2, 0.25) is 0 Å². The van der Waals surface area contributed by atoms with Gasteiger partial charge in [-0.15, -0.1) is 0 Å². The molecule has 6 heteroatoms. The van der Waals surface area contributed by atoms with Crippen molar-refractivity contribution in [3.05, 3.63) is 0 Å². The molecule has 0 saturated carbocycles. The molecular weight excluding hydrogens is 157 g/mol. The Hall–Kier alpha value is 0.0700. The third-order valence-corrected chi connectivity index (χ3v) is 1.46. The van der Waals surface area contributed by atoms with Gasteiger partial charge in [-0.2, -0.15) is 0 Å². The number of rotatable bonds is 5. The molecule has 0 unspecified atom stereocenters. The van der Waals surface area contributed by atoms with Crippen LogP contribution in [-0.2, 0) is 4.57 Å². The molecule has 0 radical (unpaired) electrons. The van der Waals surface area contributed by atoms with Crippen LogP contribution < -0.4 is 5.32 Å². The van der Waals surface area contributed by atoms with Crippen LogP contribution in [0.25, 0.3) is 0 Å². The molecule has 0 aliphatic heterocycles. The van der Waals surface area contributed by atoms with Gasteiger partial charge in [0.15, 0.2) is 0 Å². The molecule has 0 spiro atoms. The Kier molecular flexibility index (Phi) is 4.85. The first-order valence-corrected chi connectivity index (χ1v) is 4.72. The van der Waals surface area contributed by atoms with Gasteiger partial charge in [-0.3, -0.25) is 4.57 Å². The van der Waals surface area contributed by atoms with E-state index in [9.17, 15) is 4.57 Å². The molecule has 0 aromatic heterocycles. The molecular formula is C4H12NO4P. The molecule has 0 atom stereocenters. The van der Waals surface area contributed by atoms with Gasteiger partial charge in [-0.25, -0.2) is 0 Å². The van der Waals surface area contributed by atoms with Crippen molar-refractivity contribution in [2.45, 2.75) is 6.42 Å². The Morgan fingerprint density at radius 2 is 2.00 bits per heavy atom. The summed E-state index contributed by atoms with van der Waals surface area (Å²) in [5.41, 5.74) is 0. The smallest absolute Gasteiger partial charge is 0.339 e. The molecule has 0 saturated heterocycles. The summed E-state index contributed by atoms with van der Waals surface area (Å²) >= 11 is 0. The minimum Gasteiger partial charge on any atom is -0.396 e. The standard InChI is InChI=1S/C4H12NO4P/c6-3-1-2-5-4-10(7,8)9/h5-6H,1-4H2,(H2,7,8,9). The van der Waals surface area contributed by atoms with Gasteiger partial charge in [-0.1, -0.05) is 0 Å². The third kappa shape index (κ3) is 8.07. The van der Waals surface area contributed by atoms with E-state index in [2.05, 4.69) is 5.32 Å². The first kappa shape index (κ1) is 10.1. The molecule has 0 heterocycles. The molecule has 0 aliphatic rings. The van der Waals surface area contributed by atoms with Crippen LogP contribution in [0.1, 0.15) is 6.42 Å². The number of hydrogen-bond donors (Lipinski definition) is 4. The van der Waals surface area contributed by atoms with E-state index in [1.54, 1.807) is 0 Å². The topological polar surface area (TPSA) is 89.8 Å². The van der Waals surface area contributed by atoms with Gasteiger partial charge in [0, 0.05) is 6.61 Å². The molecule has 5 nitrogen and oxygen atoms in total. The zero-order valence-corrected chi connectivity index (χ0v) is 6.42. The maximum absolute atomic E-state index is 10.2. The summed E-state index contributed by atoms with van der Waals surface area (Å²) < 4.78 is 10.2. The quantitative estimate of drug-likeness (QED) is 0.316. The summed E-state index contributed by atoms with van der Waals surface area (Å²) in [7, 11) is -3.90. The summed E-state index contributed by atoms with van der Waals surface area (Å²) in [5.74, 6) is 0. The molecule has 0 aromatic rings. The van der Waals surface area contributed by atoms with E-state index in [0.717, 1.165) is 0 Å². The lowest BCUT2D eigenvalue weighted by Crippen LogP contribution is -2.17. The van der Waals surface area contributed by atoms with Crippen LogP contribution >= 0.6 is 7.60 Å². The normalized spacial score (nSPS) is 11.9. The van der Waals surface area contributed by atoms with Crippen molar-refractivity contribution in [1.82, 2.24) is 5.32 Å². The van der Waals surface area contributed by atoms with Crippen LogP contribution in [0.3, 0.4) is 0 Å². The van der Waals surface area contributed by atoms with E-state index in [1.165, 1.54) is 0 Å². The molecule has 10 heavy (non-hydrogen) atoms. The average Bonchev–Trinajstić information content (AvgIpc) is 1.78. The monoisotopic (exact) mass is 169 g/mol. The Morgan fingerprint density at radius 3 is 2.40 bits per heavy atom. The molecule has 62 valence electrons. The van der Waals surface area contributed by atoms with Crippen molar-refractivity contribution < 1.29 is 19.5 Å². The van der Waals surface area contributed by atoms with Crippen molar-refractivity contribution in [3.63, 3.8) is 0 Å². The zero-order chi connectivity index (χ0) is 8.04. The second-order valence-electron chi connectivity index (χ2n) is 1.90. The van der Waals surface area contributed by atoms with Crippen molar-refractivity contribution in [2.75, 3.05) is 19.4 Å². The van der Waals surface area contributed by atoms with Crippen LogP contribution in [0.4, 0.5) is 0 Å². The van der Waals surface area contributed by atoms with E-state index in [1.807, 2.05) is 0 Å². The van der Waals surface area contributed by atoms with Crippen LogP contribution in [-0.4, -0.2) is 34.3 Å². The first-order valence-electron chi connectivity index (χ1n) is 2.92. The van der Waals surface area contributed by atoms with Crippen molar-refractivity contribution in [3.8, 4) is 0 Å². The van der Waals surface area contributed by atoms with Crippen LogP contribution in [0, 0.1) is 0 Å². The highest BCUT2D eigenvalue weighted by atomic mass is 31.2. The van der Waals surface area contributed by atoms with E-state index in [4.69, 9.17) is 14.9 Å². The molecule has 0 aliphatic carbocycles. The molecule has 0 fully saturated rings. The van der Waals surface area contributed by atoms with Crippen molar-refractivity contribution in [2.24, 2.45) is 0 Å². The minimum atomic E-state index is -3.90. The molecule has 0 aromatic carbocycles. The lowest BCUT2D eigenvalue weighted by molar-refractivity contribution is 0.286. The van der Waals surface area contributed by atoms with Gasteiger partial charge in [0.05, 0.1) is 6.29 Å². The second-order valence-corrected chi connectivity index (χ2v) is 3.55. The van der Waals surface area contributed by atoms with Gasteiger partial charge in [-0.05, 0) is 13.0 Å². The van der Waals surface area contributed by atoms with E-state index in [-0.39, 0.29) is 12.9 Å². The summed E-state index contributed by atoms with van der Waals surface area (Å²) in [6, 6.07) is 0. The van der Waals surface area contributed by atoms with Gasteiger partial charge in [0.2, 0.25) is 0 Å². The van der Waals surface area contributed by atoms with E-state index in [0.29, 0.717) is 13.0 Å². The minimum absolute atomic E-state index is 0.0359. The summed E-state index contributed by atoms with van der Waals surface area (Å²) in [6.45, 7) is 0.468. The Labute approximate surface area is 59.2 Å². The van der Waals surface area contributed by atoms with Gasteiger partial charge in [0.1, 0.15) is 0 Å². The Balaban J connectivity index is 3.13. The molecule has 0 amide bonds. The SMILES string of the molecule is O=P(O)(O)CNCCCO. The highest BCUT2D eigenvalue weighted by molar-refractivity contribution is 7.51. The van der Waals surface area contributed by atoms with Crippen molar-refractivity contribution in [1.29, 1.82) is 0 Å². The second kappa shape index (κ2) is 4.82. The van der Waals surface area contributed by atoms with E-state index < -0.39 is 7.60 Å². The van der Waals surface area contributed by atoms with E-state index >= 15 is 0 Å². The average molecular weight is 169 g/mol. The number of aliphatic hydroxyl groups excluding tert-OH is 1. The van der Waals surface area contributed by atoms with Gasteiger partial charge < -0.3 is 20.2 Å². The lowest BCUT2D eigenvalue weighted by Gasteiger charge is -2.03. The fraction of sp³-hybridized carbons (Fsp3) is 1.00. The Morgan fingerprint density at radius 1 is 1.40 bits per heavy atom. The summed E-state index contributed by atoms with van der Waals surface area (Å²) in [5, 5.41) is 10.8. The predicted molar refractivity (Wildman–Crippen MR) is 36.6 cm³/mol. The third-order valence-electron chi connectivity index (χ3n) is 0.829. The lowest BCUT2D eigenvalue weighted by atomic mass is 10.5. The Bertz CT molecular complexity index is 122. The predicted octanol–water partition coefficient (Wildman–Crippen LogP) is -0.906. The van der Waals surface area contributed by atoms with Gasteiger partial charge in [0.25, 0.3) is 0 Å². The fourth-order valence-corrected chi connectivity index (χ4v) is 0.878. The number of nitrogens with one attached hydrogen (secondary N) is 1. The fourth-order valence-electron chi connectivity index (χ4n) is 0.429. The summed E-state index contributed by atoms with van der Waals surface area (Å²) in [4.78, 5) is 16.6. The highest BCUT2D eigenvalue weighted by Crippen LogP contribution is 2.31. The molecule has 0 bridgehead atoms. The maximum atomic E-state index is 10.2. The molecule has 4 N–H and O–H groups in total. The van der Waals surface area contributed by atoms with Crippen molar-refractivity contribution >= 4 is 7.60 Å². The number of hydrogen-bond acceptors (Lipinski definition) is 3. The molecule has 0 rings (SSSR count). The largest absolute Gasteiger partial charge is 0.396 e.